The molecule has 1 aliphatic carbocycles. The SMILES string of the molecule is CCN(CC)c1ccc(N=Nc2nc(N3CCN(C)CC3)c(C=C3C(=O)c4ccccc4C3=O)s2)cc1. The van der Waals surface area contributed by atoms with Crippen LogP contribution in [0.15, 0.2) is 64.3 Å². The van der Waals surface area contributed by atoms with E-state index in [1.54, 1.807) is 30.3 Å². The van der Waals surface area contributed by atoms with Gasteiger partial charge in [0.1, 0.15) is 5.82 Å². The normalized spacial score (nSPS) is 16.1. The van der Waals surface area contributed by atoms with Gasteiger partial charge >= 0.3 is 0 Å². The number of azo groups is 1. The summed E-state index contributed by atoms with van der Waals surface area (Å²) >= 11 is 1.34. The van der Waals surface area contributed by atoms with E-state index in [1.807, 2.05) is 24.3 Å². The van der Waals surface area contributed by atoms with Gasteiger partial charge < -0.3 is 14.7 Å². The molecule has 1 aliphatic heterocycles. The van der Waals surface area contributed by atoms with E-state index in [0.29, 0.717) is 16.3 Å². The lowest BCUT2D eigenvalue weighted by atomic mass is 10.1. The topological polar surface area (TPSA) is 81.5 Å². The van der Waals surface area contributed by atoms with Crippen LogP contribution in [0, 0.1) is 0 Å². The fourth-order valence-electron chi connectivity index (χ4n) is 4.65. The number of ketones is 2. The number of fused-ring (bicyclic) bond motifs is 1. The van der Waals surface area contributed by atoms with Gasteiger partial charge in [-0.2, -0.15) is 4.98 Å². The van der Waals surface area contributed by atoms with Crippen LogP contribution >= 0.6 is 11.3 Å². The predicted octanol–water partition coefficient (Wildman–Crippen LogP) is 5.62. The van der Waals surface area contributed by atoms with Gasteiger partial charge in [0.2, 0.25) is 5.13 Å². The van der Waals surface area contributed by atoms with Crippen molar-refractivity contribution in [3.8, 4) is 0 Å². The highest BCUT2D eigenvalue weighted by Gasteiger charge is 2.33. The van der Waals surface area contributed by atoms with E-state index < -0.39 is 0 Å². The first-order chi connectivity index (χ1) is 18.0. The maximum Gasteiger partial charge on any atom is 0.232 e. The number of carbonyl (C=O) groups is 2. The van der Waals surface area contributed by atoms with Crippen LogP contribution in [0.5, 0.6) is 0 Å². The molecular weight excluding hydrogens is 484 g/mol. The molecule has 5 rings (SSSR count). The van der Waals surface area contributed by atoms with Crippen molar-refractivity contribution in [2.45, 2.75) is 13.8 Å². The number of hydrogen-bond donors (Lipinski definition) is 0. The molecule has 0 spiro atoms. The highest BCUT2D eigenvalue weighted by Crippen LogP contribution is 2.37. The van der Waals surface area contributed by atoms with Gasteiger partial charge in [0.15, 0.2) is 11.6 Å². The summed E-state index contributed by atoms with van der Waals surface area (Å²) in [6.07, 6.45) is 1.69. The summed E-state index contributed by atoms with van der Waals surface area (Å²) in [6.45, 7) is 9.59. The summed E-state index contributed by atoms with van der Waals surface area (Å²) in [5.74, 6) is 0.262. The summed E-state index contributed by atoms with van der Waals surface area (Å²) in [5, 5.41) is 9.31. The van der Waals surface area contributed by atoms with Crippen molar-refractivity contribution >= 4 is 51.3 Å². The molecule has 1 aromatic heterocycles. The lowest BCUT2D eigenvalue weighted by Gasteiger charge is -2.32. The molecule has 3 aromatic rings. The van der Waals surface area contributed by atoms with Crippen molar-refractivity contribution in [3.63, 3.8) is 0 Å². The molecule has 2 heterocycles. The van der Waals surface area contributed by atoms with Gasteiger partial charge in [0.05, 0.1) is 16.1 Å². The number of rotatable bonds is 7. The van der Waals surface area contributed by atoms with E-state index in [9.17, 15) is 9.59 Å². The largest absolute Gasteiger partial charge is 0.372 e. The lowest BCUT2D eigenvalue weighted by Crippen LogP contribution is -2.44. The second-order valence-corrected chi connectivity index (χ2v) is 10.1. The third-order valence-corrected chi connectivity index (χ3v) is 7.71. The number of thiazole rings is 1. The van der Waals surface area contributed by atoms with Crippen molar-refractivity contribution in [3.05, 3.63) is 70.1 Å². The van der Waals surface area contributed by atoms with Crippen LogP contribution in [-0.2, 0) is 0 Å². The number of likely N-dealkylation sites (N-methyl/N-ethyl adjacent to an activating group) is 1. The number of Topliss-reactive ketones (excluding diaryl/α,β-unsaturated/α-hetero) is 2. The molecule has 0 bridgehead atoms. The molecule has 1 fully saturated rings. The van der Waals surface area contributed by atoms with Gasteiger partial charge in [-0.3, -0.25) is 9.59 Å². The monoisotopic (exact) mass is 514 g/mol. The highest BCUT2D eigenvalue weighted by molar-refractivity contribution is 7.16. The predicted molar refractivity (Wildman–Crippen MR) is 149 cm³/mol. The number of allylic oxidation sites excluding steroid dienone is 1. The quantitative estimate of drug-likeness (QED) is 0.231. The third-order valence-electron chi connectivity index (χ3n) is 6.84. The van der Waals surface area contributed by atoms with Crippen LogP contribution in [-0.4, -0.2) is 67.8 Å². The molecular formula is C28H30N6O2S. The Kier molecular flexibility index (Phi) is 7.25. The average Bonchev–Trinajstić information content (AvgIpc) is 3.44. The maximum absolute atomic E-state index is 13.0. The van der Waals surface area contributed by atoms with E-state index in [1.165, 1.54) is 11.3 Å². The van der Waals surface area contributed by atoms with E-state index >= 15 is 0 Å². The first kappa shape index (κ1) is 25.0. The fourth-order valence-corrected chi connectivity index (χ4v) is 5.50. The second kappa shape index (κ2) is 10.7. The first-order valence-corrected chi connectivity index (χ1v) is 13.4. The Balaban J connectivity index is 1.45. The van der Waals surface area contributed by atoms with Gasteiger partial charge in [-0.15, -0.1) is 10.2 Å². The van der Waals surface area contributed by atoms with Crippen molar-refractivity contribution in [2.24, 2.45) is 10.2 Å². The smallest absolute Gasteiger partial charge is 0.232 e. The molecule has 1 saturated heterocycles. The van der Waals surface area contributed by atoms with E-state index in [2.05, 4.69) is 45.8 Å². The molecule has 0 radical (unpaired) electrons. The number of anilines is 2. The summed E-state index contributed by atoms with van der Waals surface area (Å²) in [5.41, 5.74) is 2.98. The average molecular weight is 515 g/mol. The molecule has 0 saturated carbocycles. The number of benzene rings is 2. The fraction of sp³-hybridized carbons (Fsp3) is 0.321. The molecule has 0 atom stereocenters. The minimum Gasteiger partial charge on any atom is -0.372 e. The number of aromatic nitrogens is 1. The van der Waals surface area contributed by atoms with Crippen LogP contribution < -0.4 is 9.80 Å². The van der Waals surface area contributed by atoms with Crippen LogP contribution in [0.4, 0.5) is 22.3 Å². The molecule has 37 heavy (non-hydrogen) atoms. The first-order valence-electron chi connectivity index (χ1n) is 12.6. The minimum atomic E-state index is -0.241. The van der Waals surface area contributed by atoms with Crippen molar-refractivity contribution < 1.29 is 9.59 Å². The lowest BCUT2D eigenvalue weighted by molar-refractivity contribution is 0.0990. The number of nitrogens with zero attached hydrogens (tertiary/aromatic N) is 6. The van der Waals surface area contributed by atoms with Crippen LogP contribution in [0.25, 0.3) is 6.08 Å². The number of carbonyl (C=O) groups excluding carboxylic acids is 2. The molecule has 0 N–H and O–H groups in total. The Morgan fingerprint density at radius 2 is 1.54 bits per heavy atom. The van der Waals surface area contributed by atoms with E-state index in [0.717, 1.165) is 61.3 Å². The van der Waals surface area contributed by atoms with Crippen molar-refractivity contribution in [2.75, 3.05) is 56.1 Å². The van der Waals surface area contributed by atoms with Gasteiger partial charge in [-0.25, -0.2) is 0 Å². The standard InChI is InChI=1S/C28H30N6O2S/c1-4-33(5-2)20-12-10-19(11-13-20)30-31-28-29-27(34-16-14-32(3)15-17-34)24(37-28)18-23-25(35)21-8-6-7-9-22(21)26(23)36/h6-13,18H,4-5,14-17H2,1-3H3. The zero-order valence-electron chi connectivity index (χ0n) is 21.3. The Labute approximate surface area is 220 Å². The van der Waals surface area contributed by atoms with Crippen molar-refractivity contribution in [1.29, 1.82) is 0 Å². The third kappa shape index (κ3) is 5.10. The Morgan fingerprint density at radius 3 is 2.14 bits per heavy atom. The molecule has 0 unspecified atom stereocenters. The molecule has 9 heteroatoms. The van der Waals surface area contributed by atoms with Gasteiger partial charge in [-0.1, -0.05) is 35.6 Å². The summed E-state index contributed by atoms with van der Waals surface area (Å²) < 4.78 is 0. The maximum atomic E-state index is 13.0. The highest BCUT2D eigenvalue weighted by atomic mass is 32.1. The van der Waals surface area contributed by atoms with E-state index in [4.69, 9.17) is 4.98 Å². The van der Waals surface area contributed by atoms with Crippen LogP contribution in [0.1, 0.15) is 39.4 Å². The Bertz CT molecular complexity index is 1330. The molecule has 2 aromatic carbocycles. The Hall–Kier alpha value is -3.69. The van der Waals surface area contributed by atoms with Crippen molar-refractivity contribution in [1.82, 2.24) is 9.88 Å². The molecule has 8 nitrogen and oxygen atoms in total. The number of piperazine rings is 1. The summed E-state index contributed by atoms with van der Waals surface area (Å²) in [7, 11) is 2.10. The second-order valence-electron chi connectivity index (χ2n) is 9.13. The molecule has 0 amide bonds. The van der Waals surface area contributed by atoms with Gasteiger partial charge in [0.25, 0.3) is 0 Å². The minimum absolute atomic E-state index is 0.177. The van der Waals surface area contributed by atoms with Gasteiger partial charge in [0, 0.05) is 56.1 Å². The molecule has 2 aliphatic rings. The summed E-state index contributed by atoms with van der Waals surface area (Å²) in [6, 6.07) is 15.0. The van der Waals surface area contributed by atoms with Crippen LogP contribution in [0.3, 0.4) is 0 Å². The zero-order chi connectivity index (χ0) is 25.9. The van der Waals surface area contributed by atoms with E-state index in [-0.39, 0.29) is 17.1 Å². The summed E-state index contributed by atoms with van der Waals surface area (Å²) in [4.78, 5) is 38.3. The molecule has 190 valence electrons. The zero-order valence-corrected chi connectivity index (χ0v) is 22.2. The Morgan fingerprint density at radius 1 is 0.919 bits per heavy atom. The van der Waals surface area contributed by atoms with Crippen LogP contribution in [0.2, 0.25) is 0 Å². The number of hydrogen-bond acceptors (Lipinski definition) is 9. The van der Waals surface area contributed by atoms with Gasteiger partial charge in [-0.05, 0) is 51.2 Å².